The van der Waals surface area contributed by atoms with E-state index in [9.17, 15) is 4.79 Å². The Kier molecular flexibility index (Phi) is 5.76. The summed E-state index contributed by atoms with van der Waals surface area (Å²) in [6.07, 6.45) is 3.43. The number of H-pyrrole nitrogens is 1. The van der Waals surface area contributed by atoms with Crippen LogP contribution in [0.15, 0.2) is 70.2 Å². The highest BCUT2D eigenvalue weighted by molar-refractivity contribution is 9.12. The van der Waals surface area contributed by atoms with E-state index in [1.54, 1.807) is 6.07 Å². The third-order valence-corrected chi connectivity index (χ3v) is 4.06. The van der Waals surface area contributed by atoms with E-state index >= 15 is 0 Å². The first-order valence-corrected chi connectivity index (χ1v) is 8.79. The molecule has 26 heavy (non-hydrogen) atoms. The number of benzene rings is 2. The van der Waals surface area contributed by atoms with E-state index in [1.165, 1.54) is 11.8 Å². The van der Waals surface area contributed by atoms with Gasteiger partial charge in [0.05, 0.1) is 11.9 Å². The van der Waals surface area contributed by atoms with Crippen LogP contribution in [0, 0.1) is 6.92 Å². The maximum Gasteiger partial charge on any atom is 0.289 e. The number of hydrogen-bond donors (Lipinski definition) is 2. The zero-order valence-electron chi connectivity index (χ0n) is 14.1. The van der Waals surface area contributed by atoms with Gasteiger partial charge in [0.15, 0.2) is 0 Å². The topological polar surface area (TPSA) is 70.1 Å². The zero-order chi connectivity index (χ0) is 18.4. The summed E-state index contributed by atoms with van der Waals surface area (Å²) >= 11 is 3.40. The van der Waals surface area contributed by atoms with Crippen LogP contribution in [-0.2, 0) is 0 Å². The molecule has 0 atom stereocenters. The summed E-state index contributed by atoms with van der Waals surface area (Å²) in [5.74, 6) is -0.355. The number of nitrogens with zero attached hydrogens (tertiary/aromatic N) is 2. The molecule has 130 valence electrons. The molecule has 0 saturated carbocycles. The van der Waals surface area contributed by atoms with Crippen molar-refractivity contribution in [2.24, 2.45) is 5.10 Å². The summed E-state index contributed by atoms with van der Waals surface area (Å²) in [5.41, 5.74) is 6.69. The lowest BCUT2D eigenvalue weighted by Gasteiger charge is -1.97. The normalized spacial score (nSPS) is 11.7. The van der Waals surface area contributed by atoms with E-state index < -0.39 is 0 Å². The summed E-state index contributed by atoms with van der Waals surface area (Å²) in [5, 5.41) is 10.9. The van der Waals surface area contributed by atoms with E-state index in [4.69, 9.17) is 0 Å². The highest BCUT2D eigenvalue weighted by atomic mass is 79.9. The van der Waals surface area contributed by atoms with Gasteiger partial charge in [0, 0.05) is 10.0 Å². The lowest BCUT2D eigenvalue weighted by atomic mass is 10.1. The van der Waals surface area contributed by atoms with Crippen molar-refractivity contribution in [2.75, 3.05) is 0 Å². The molecule has 0 spiro atoms. The number of allylic oxidation sites excluding steroid dienone is 1. The van der Waals surface area contributed by atoms with Crippen LogP contribution in [0.1, 0.15) is 21.6 Å². The molecular formula is C20H17BrN4O. The molecule has 6 heteroatoms. The lowest BCUT2D eigenvalue weighted by molar-refractivity contribution is 0.0950. The van der Waals surface area contributed by atoms with Crippen molar-refractivity contribution in [1.29, 1.82) is 0 Å². The van der Waals surface area contributed by atoms with Crippen molar-refractivity contribution in [3.63, 3.8) is 0 Å². The molecule has 1 heterocycles. The largest absolute Gasteiger partial charge is 0.289 e. The maximum absolute atomic E-state index is 12.2. The molecule has 0 saturated heterocycles. The van der Waals surface area contributed by atoms with Crippen LogP contribution in [-0.4, -0.2) is 22.3 Å². The summed E-state index contributed by atoms with van der Waals surface area (Å²) < 4.78 is 0.744. The first-order valence-electron chi connectivity index (χ1n) is 8.00. The SMILES string of the molecule is Cc1ccc(-c2cc(C(=O)NN=CC(Br)=Cc3ccccc3)[nH]n2)cc1. The smallest absolute Gasteiger partial charge is 0.272 e. The van der Waals surface area contributed by atoms with Gasteiger partial charge in [-0.3, -0.25) is 9.89 Å². The number of amides is 1. The van der Waals surface area contributed by atoms with Crippen LogP contribution in [0.25, 0.3) is 17.3 Å². The van der Waals surface area contributed by atoms with E-state index in [2.05, 4.69) is 36.7 Å². The fourth-order valence-electron chi connectivity index (χ4n) is 2.27. The number of aromatic nitrogens is 2. The Bertz CT molecular complexity index is 943. The number of hydrogen-bond acceptors (Lipinski definition) is 3. The number of carbonyl (C=O) groups is 1. The van der Waals surface area contributed by atoms with Crippen LogP contribution in [0.2, 0.25) is 0 Å². The minimum Gasteiger partial charge on any atom is -0.272 e. The fourth-order valence-corrected chi connectivity index (χ4v) is 2.64. The zero-order valence-corrected chi connectivity index (χ0v) is 15.7. The molecule has 0 aliphatic rings. The fraction of sp³-hybridized carbons (Fsp3) is 0.0500. The first kappa shape index (κ1) is 17.8. The van der Waals surface area contributed by atoms with Gasteiger partial charge in [-0.25, -0.2) is 5.43 Å². The summed E-state index contributed by atoms with van der Waals surface area (Å²) in [4.78, 5) is 12.2. The molecule has 1 aromatic heterocycles. The van der Waals surface area contributed by atoms with Gasteiger partial charge in [0.1, 0.15) is 5.69 Å². The van der Waals surface area contributed by atoms with Crippen molar-refractivity contribution in [3.8, 4) is 11.3 Å². The number of aromatic amines is 1. The summed E-state index contributed by atoms with van der Waals surface area (Å²) in [6, 6.07) is 19.5. The van der Waals surface area contributed by atoms with Crippen LogP contribution < -0.4 is 5.43 Å². The number of hydrazone groups is 1. The number of rotatable bonds is 5. The third-order valence-electron chi connectivity index (χ3n) is 3.63. The van der Waals surface area contributed by atoms with Crippen molar-refractivity contribution in [1.82, 2.24) is 15.6 Å². The second kappa shape index (κ2) is 8.40. The van der Waals surface area contributed by atoms with Gasteiger partial charge in [-0.2, -0.15) is 10.2 Å². The average Bonchev–Trinajstić information content (AvgIpc) is 3.13. The monoisotopic (exact) mass is 408 g/mol. The first-order chi connectivity index (χ1) is 12.6. The minimum absolute atomic E-state index is 0.348. The molecule has 3 aromatic rings. The quantitative estimate of drug-likeness (QED) is 0.480. The van der Waals surface area contributed by atoms with Gasteiger partial charge in [-0.05, 0) is 40.6 Å². The van der Waals surface area contributed by atoms with Crippen molar-refractivity contribution in [2.45, 2.75) is 6.92 Å². The van der Waals surface area contributed by atoms with E-state index in [1.807, 2.05) is 67.6 Å². The van der Waals surface area contributed by atoms with E-state index in [-0.39, 0.29) is 5.91 Å². The molecule has 0 aliphatic carbocycles. The van der Waals surface area contributed by atoms with E-state index in [0.29, 0.717) is 11.4 Å². The Morgan fingerprint density at radius 1 is 1.15 bits per heavy atom. The van der Waals surface area contributed by atoms with Crippen LogP contribution in [0.4, 0.5) is 0 Å². The van der Waals surface area contributed by atoms with E-state index in [0.717, 1.165) is 15.6 Å². The second-order valence-electron chi connectivity index (χ2n) is 5.67. The van der Waals surface area contributed by atoms with Gasteiger partial charge in [-0.1, -0.05) is 60.2 Å². The number of aryl methyl sites for hydroxylation is 1. The minimum atomic E-state index is -0.355. The predicted octanol–water partition coefficient (Wildman–Crippen LogP) is 4.54. The van der Waals surface area contributed by atoms with Crippen LogP contribution in [0.3, 0.4) is 0 Å². The van der Waals surface area contributed by atoms with Gasteiger partial charge in [0.25, 0.3) is 5.91 Å². The maximum atomic E-state index is 12.2. The van der Waals surface area contributed by atoms with Crippen molar-refractivity contribution >= 4 is 34.1 Å². The Morgan fingerprint density at radius 2 is 1.88 bits per heavy atom. The molecule has 0 radical (unpaired) electrons. The Balaban J connectivity index is 1.62. The van der Waals surface area contributed by atoms with Crippen molar-refractivity contribution in [3.05, 3.63) is 82.0 Å². The number of nitrogens with one attached hydrogen (secondary N) is 2. The molecule has 0 aliphatic heterocycles. The van der Waals surface area contributed by atoms with Gasteiger partial charge in [0.2, 0.25) is 0 Å². The number of carbonyl (C=O) groups excluding carboxylic acids is 1. The number of halogens is 1. The summed E-state index contributed by atoms with van der Waals surface area (Å²) in [7, 11) is 0. The summed E-state index contributed by atoms with van der Waals surface area (Å²) in [6.45, 7) is 2.02. The molecule has 0 fully saturated rings. The van der Waals surface area contributed by atoms with Crippen LogP contribution in [0.5, 0.6) is 0 Å². The highest BCUT2D eigenvalue weighted by Gasteiger charge is 2.10. The molecular weight excluding hydrogens is 392 g/mol. The molecule has 0 unspecified atom stereocenters. The molecule has 1 amide bonds. The molecule has 5 nitrogen and oxygen atoms in total. The van der Waals surface area contributed by atoms with Gasteiger partial charge in [-0.15, -0.1) is 0 Å². The lowest BCUT2D eigenvalue weighted by Crippen LogP contribution is -2.17. The predicted molar refractivity (Wildman–Crippen MR) is 108 cm³/mol. The van der Waals surface area contributed by atoms with Gasteiger partial charge >= 0.3 is 0 Å². The highest BCUT2D eigenvalue weighted by Crippen LogP contribution is 2.18. The Labute approximate surface area is 160 Å². The Morgan fingerprint density at radius 3 is 2.62 bits per heavy atom. The Hall–Kier alpha value is -2.99. The van der Waals surface area contributed by atoms with Crippen molar-refractivity contribution < 1.29 is 4.79 Å². The van der Waals surface area contributed by atoms with Crippen LogP contribution >= 0.6 is 15.9 Å². The molecule has 2 aromatic carbocycles. The average molecular weight is 409 g/mol. The molecule has 2 N–H and O–H groups in total. The second-order valence-corrected chi connectivity index (χ2v) is 6.59. The van der Waals surface area contributed by atoms with Gasteiger partial charge < -0.3 is 0 Å². The third kappa shape index (κ3) is 4.77. The molecule has 3 rings (SSSR count). The standard InChI is InChI=1S/C20H17BrN4O/c1-14-7-9-16(10-8-14)18-12-19(24-23-18)20(26)25-22-13-17(21)11-15-5-3-2-4-6-15/h2-13H,1H3,(H,23,24)(H,25,26). The molecule has 0 bridgehead atoms.